The first-order valence-corrected chi connectivity index (χ1v) is 8.68. The number of aromatic amines is 1. The minimum Gasteiger partial charge on any atom is -0.496 e. The number of benzene rings is 2. The average Bonchev–Trinajstić information content (AvgIpc) is 3.00. The minimum atomic E-state index is 0.0162. The van der Waals surface area contributed by atoms with Crippen LogP contribution in [0, 0.1) is 0 Å². The van der Waals surface area contributed by atoms with Gasteiger partial charge in [0.2, 0.25) is 0 Å². The molecule has 0 aliphatic carbocycles. The molecular formula is C19H17BrN2O2. The molecule has 0 unspecified atom stereocenters. The summed E-state index contributed by atoms with van der Waals surface area (Å²) in [6, 6.07) is 13.6. The molecule has 0 spiro atoms. The SMILES string of the molecule is COc1ccccc1C(=O)N1CCc2[nH]c3c(Br)cccc3c2C1. The number of nitrogens with zero attached hydrogens (tertiary/aromatic N) is 1. The molecule has 0 atom stereocenters. The molecule has 1 aromatic heterocycles. The predicted octanol–water partition coefficient (Wildman–Crippen LogP) is 4.14. The van der Waals surface area contributed by atoms with Gasteiger partial charge in [-0.2, -0.15) is 0 Å². The summed E-state index contributed by atoms with van der Waals surface area (Å²) in [6.07, 6.45) is 0.831. The van der Waals surface area contributed by atoms with Gasteiger partial charge in [-0.05, 0) is 34.1 Å². The van der Waals surface area contributed by atoms with Gasteiger partial charge in [0.15, 0.2) is 0 Å². The van der Waals surface area contributed by atoms with Crippen LogP contribution in [0.25, 0.3) is 10.9 Å². The Kier molecular flexibility index (Phi) is 3.81. The molecule has 4 nitrogen and oxygen atoms in total. The van der Waals surface area contributed by atoms with Gasteiger partial charge >= 0.3 is 0 Å². The van der Waals surface area contributed by atoms with E-state index in [1.807, 2.05) is 41.3 Å². The zero-order valence-electron chi connectivity index (χ0n) is 13.3. The Bertz CT molecular complexity index is 932. The Morgan fingerprint density at radius 3 is 2.88 bits per heavy atom. The normalized spacial score (nSPS) is 13.8. The van der Waals surface area contributed by atoms with E-state index in [4.69, 9.17) is 4.74 Å². The zero-order valence-corrected chi connectivity index (χ0v) is 14.9. The molecule has 1 amide bonds. The molecule has 24 heavy (non-hydrogen) atoms. The van der Waals surface area contributed by atoms with Gasteiger partial charge in [-0.15, -0.1) is 0 Å². The number of H-pyrrole nitrogens is 1. The Labute approximate surface area is 148 Å². The second-order valence-electron chi connectivity index (χ2n) is 5.92. The Morgan fingerprint density at radius 2 is 2.04 bits per heavy atom. The van der Waals surface area contributed by atoms with E-state index in [1.54, 1.807) is 7.11 Å². The lowest BCUT2D eigenvalue weighted by molar-refractivity contribution is 0.0731. The van der Waals surface area contributed by atoms with E-state index < -0.39 is 0 Å². The third-order valence-corrected chi connectivity index (χ3v) is 5.25. The molecule has 1 aliphatic heterocycles. The molecule has 1 aliphatic rings. The molecular weight excluding hydrogens is 368 g/mol. The predicted molar refractivity (Wildman–Crippen MR) is 97.4 cm³/mol. The average molecular weight is 385 g/mol. The van der Waals surface area contributed by atoms with E-state index in [0.29, 0.717) is 24.4 Å². The van der Waals surface area contributed by atoms with E-state index in [1.165, 1.54) is 16.6 Å². The topological polar surface area (TPSA) is 45.3 Å². The molecule has 0 radical (unpaired) electrons. The maximum absolute atomic E-state index is 12.9. The van der Waals surface area contributed by atoms with Gasteiger partial charge < -0.3 is 14.6 Å². The first kappa shape index (κ1) is 15.3. The Hall–Kier alpha value is -2.27. The van der Waals surface area contributed by atoms with Crippen molar-refractivity contribution in [1.29, 1.82) is 0 Å². The molecule has 0 saturated heterocycles. The van der Waals surface area contributed by atoms with Crippen molar-refractivity contribution in [3.05, 3.63) is 63.8 Å². The quantitative estimate of drug-likeness (QED) is 0.721. The Balaban J connectivity index is 1.70. The molecule has 1 N–H and O–H groups in total. The van der Waals surface area contributed by atoms with Crippen molar-refractivity contribution < 1.29 is 9.53 Å². The van der Waals surface area contributed by atoms with Gasteiger partial charge in [0.05, 0.1) is 18.2 Å². The van der Waals surface area contributed by atoms with Crippen molar-refractivity contribution in [2.24, 2.45) is 0 Å². The number of rotatable bonds is 2. The number of carbonyl (C=O) groups is 1. The van der Waals surface area contributed by atoms with E-state index in [0.717, 1.165) is 16.4 Å². The van der Waals surface area contributed by atoms with Crippen LogP contribution in [0.4, 0.5) is 0 Å². The highest BCUT2D eigenvalue weighted by atomic mass is 79.9. The smallest absolute Gasteiger partial charge is 0.257 e. The maximum atomic E-state index is 12.9. The fourth-order valence-electron chi connectivity index (χ4n) is 3.37. The van der Waals surface area contributed by atoms with Gasteiger partial charge in [0, 0.05) is 40.6 Å². The molecule has 0 saturated carbocycles. The summed E-state index contributed by atoms with van der Waals surface area (Å²) in [4.78, 5) is 18.3. The van der Waals surface area contributed by atoms with Gasteiger partial charge in [0.25, 0.3) is 5.91 Å². The minimum absolute atomic E-state index is 0.0162. The highest BCUT2D eigenvalue weighted by molar-refractivity contribution is 9.10. The fourth-order valence-corrected chi connectivity index (χ4v) is 3.83. The van der Waals surface area contributed by atoms with Crippen molar-refractivity contribution in [2.75, 3.05) is 13.7 Å². The lowest BCUT2D eigenvalue weighted by atomic mass is 10.0. The number of hydrogen-bond acceptors (Lipinski definition) is 2. The summed E-state index contributed by atoms with van der Waals surface area (Å²) in [7, 11) is 1.59. The van der Waals surface area contributed by atoms with Crippen molar-refractivity contribution in [3.8, 4) is 5.75 Å². The van der Waals surface area contributed by atoms with Crippen LogP contribution in [0.1, 0.15) is 21.6 Å². The summed E-state index contributed by atoms with van der Waals surface area (Å²) in [5, 5.41) is 1.18. The van der Waals surface area contributed by atoms with E-state index in [-0.39, 0.29) is 5.91 Å². The molecule has 122 valence electrons. The Morgan fingerprint density at radius 1 is 1.21 bits per heavy atom. The summed E-state index contributed by atoms with van der Waals surface area (Å²) in [5.74, 6) is 0.636. The lowest BCUT2D eigenvalue weighted by Crippen LogP contribution is -2.36. The van der Waals surface area contributed by atoms with Crippen LogP contribution in [0.3, 0.4) is 0 Å². The third kappa shape index (κ3) is 2.40. The number of hydrogen-bond donors (Lipinski definition) is 1. The van der Waals surface area contributed by atoms with Gasteiger partial charge in [-0.1, -0.05) is 24.3 Å². The molecule has 0 fully saturated rings. The second kappa shape index (κ2) is 5.98. The third-order valence-electron chi connectivity index (χ3n) is 4.58. The highest BCUT2D eigenvalue weighted by Gasteiger charge is 2.26. The summed E-state index contributed by atoms with van der Waals surface area (Å²) >= 11 is 3.59. The van der Waals surface area contributed by atoms with Crippen LogP contribution in [0.2, 0.25) is 0 Å². The lowest BCUT2D eigenvalue weighted by Gasteiger charge is -2.27. The summed E-state index contributed by atoms with van der Waals surface area (Å²) < 4.78 is 6.39. The summed E-state index contributed by atoms with van der Waals surface area (Å²) in [5.41, 5.74) is 4.15. The first-order chi connectivity index (χ1) is 11.7. The number of halogens is 1. The number of carbonyl (C=O) groups excluding carboxylic acids is 1. The number of nitrogens with one attached hydrogen (secondary N) is 1. The van der Waals surface area contributed by atoms with E-state index >= 15 is 0 Å². The number of para-hydroxylation sites is 2. The van der Waals surface area contributed by atoms with Crippen molar-refractivity contribution in [2.45, 2.75) is 13.0 Å². The first-order valence-electron chi connectivity index (χ1n) is 7.89. The second-order valence-corrected chi connectivity index (χ2v) is 6.78. The van der Waals surface area contributed by atoms with Crippen LogP contribution in [-0.2, 0) is 13.0 Å². The van der Waals surface area contributed by atoms with E-state index in [2.05, 4.69) is 27.0 Å². The number of ether oxygens (including phenoxy) is 1. The molecule has 5 heteroatoms. The fraction of sp³-hybridized carbons (Fsp3) is 0.211. The summed E-state index contributed by atoms with van der Waals surface area (Å²) in [6.45, 7) is 1.32. The highest BCUT2D eigenvalue weighted by Crippen LogP contribution is 2.32. The monoisotopic (exact) mass is 384 g/mol. The standard InChI is InChI=1S/C19H17BrN2O2/c1-24-17-8-3-2-5-13(17)19(23)22-10-9-16-14(11-22)12-6-4-7-15(20)18(12)21-16/h2-8,21H,9-11H2,1H3. The maximum Gasteiger partial charge on any atom is 0.257 e. The van der Waals surface area contributed by atoms with Gasteiger partial charge in [-0.25, -0.2) is 0 Å². The van der Waals surface area contributed by atoms with Gasteiger partial charge in [0.1, 0.15) is 5.75 Å². The molecule has 2 heterocycles. The largest absolute Gasteiger partial charge is 0.496 e. The van der Waals surface area contributed by atoms with Gasteiger partial charge in [-0.3, -0.25) is 4.79 Å². The number of methoxy groups -OCH3 is 1. The van der Waals surface area contributed by atoms with Crippen molar-refractivity contribution >= 4 is 32.7 Å². The van der Waals surface area contributed by atoms with Crippen LogP contribution < -0.4 is 4.74 Å². The number of aromatic nitrogens is 1. The zero-order chi connectivity index (χ0) is 16.7. The molecule has 0 bridgehead atoms. The van der Waals surface area contributed by atoms with Crippen LogP contribution in [-0.4, -0.2) is 29.4 Å². The number of fused-ring (bicyclic) bond motifs is 3. The van der Waals surface area contributed by atoms with Crippen LogP contribution in [0.5, 0.6) is 5.75 Å². The van der Waals surface area contributed by atoms with E-state index in [9.17, 15) is 4.79 Å². The number of amides is 1. The van der Waals surface area contributed by atoms with Crippen LogP contribution >= 0.6 is 15.9 Å². The molecule has 4 rings (SSSR count). The van der Waals surface area contributed by atoms with Crippen molar-refractivity contribution in [1.82, 2.24) is 9.88 Å². The molecule has 3 aromatic rings. The van der Waals surface area contributed by atoms with Crippen LogP contribution in [0.15, 0.2) is 46.9 Å². The molecule has 2 aromatic carbocycles. The van der Waals surface area contributed by atoms with Crippen molar-refractivity contribution in [3.63, 3.8) is 0 Å².